The fourth-order valence-electron chi connectivity index (χ4n) is 2.73. The van der Waals surface area contributed by atoms with Crippen LogP contribution in [0.25, 0.3) is 0 Å². The van der Waals surface area contributed by atoms with Crippen molar-refractivity contribution in [3.8, 4) is 0 Å². The summed E-state index contributed by atoms with van der Waals surface area (Å²) < 4.78 is 13.6. The molecule has 5 nitrogen and oxygen atoms in total. The lowest BCUT2D eigenvalue weighted by Crippen LogP contribution is -2.36. The van der Waals surface area contributed by atoms with Crippen molar-refractivity contribution < 1.29 is 14.0 Å². The number of anilines is 2. The third kappa shape index (κ3) is 3.98. The molecule has 2 aromatic rings. The monoisotopic (exact) mass is 347 g/mol. The van der Waals surface area contributed by atoms with Gasteiger partial charge in [-0.3, -0.25) is 14.5 Å². The van der Waals surface area contributed by atoms with Crippen molar-refractivity contribution in [3.63, 3.8) is 0 Å². The Morgan fingerprint density at radius 1 is 1.29 bits per heavy atom. The summed E-state index contributed by atoms with van der Waals surface area (Å²) in [6, 6.07) is 6.22. The summed E-state index contributed by atoms with van der Waals surface area (Å²) in [7, 11) is 0. The Kier molecular flexibility index (Phi) is 4.92. The molecule has 0 spiro atoms. The maximum absolute atomic E-state index is 13.6. The minimum Gasteiger partial charge on any atom is -0.325 e. The maximum Gasteiger partial charge on any atom is 0.238 e. The number of carbonyl (C=O) groups is 2. The number of nitrogens with zero attached hydrogens (tertiary/aromatic N) is 1. The van der Waals surface area contributed by atoms with E-state index in [-0.39, 0.29) is 24.0 Å². The molecule has 0 saturated carbocycles. The van der Waals surface area contributed by atoms with Crippen molar-refractivity contribution in [2.45, 2.75) is 19.9 Å². The third-order valence-electron chi connectivity index (χ3n) is 3.81. The van der Waals surface area contributed by atoms with Crippen LogP contribution in [0.2, 0.25) is 0 Å². The molecule has 1 aliphatic rings. The van der Waals surface area contributed by atoms with Crippen LogP contribution in [0, 0.1) is 5.82 Å². The highest BCUT2D eigenvalue weighted by Gasteiger charge is 2.19. The van der Waals surface area contributed by atoms with Crippen molar-refractivity contribution in [1.29, 1.82) is 0 Å². The van der Waals surface area contributed by atoms with E-state index in [1.807, 2.05) is 0 Å². The fourth-order valence-corrected chi connectivity index (χ4v) is 3.62. The number of halogens is 1. The van der Waals surface area contributed by atoms with Crippen LogP contribution in [0.3, 0.4) is 0 Å². The van der Waals surface area contributed by atoms with E-state index in [2.05, 4.69) is 27.0 Å². The highest BCUT2D eigenvalue weighted by atomic mass is 32.1. The van der Waals surface area contributed by atoms with Crippen LogP contribution in [-0.2, 0) is 22.6 Å². The zero-order valence-electron chi connectivity index (χ0n) is 13.3. The lowest BCUT2D eigenvalue weighted by Gasteiger charge is -2.26. The number of benzene rings is 1. The smallest absolute Gasteiger partial charge is 0.238 e. The molecule has 0 bridgehead atoms. The molecule has 7 heteroatoms. The largest absolute Gasteiger partial charge is 0.325 e. The van der Waals surface area contributed by atoms with Gasteiger partial charge in [-0.25, -0.2) is 4.39 Å². The number of hydrogen-bond acceptors (Lipinski definition) is 4. The highest BCUT2D eigenvalue weighted by Crippen LogP contribution is 2.24. The van der Waals surface area contributed by atoms with Gasteiger partial charge in [-0.05, 0) is 41.6 Å². The Labute approximate surface area is 143 Å². The van der Waals surface area contributed by atoms with E-state index in [4.69, 9.17) is 0 Å². The van der Waals surface area contributed by atoms with Crippen molar-refractivity contribution in [2.75, 3.05) is 23.7 Å². The molecule has 0 aliphatic carbocycles. The van der Waals surface area contributed by atoms with Crippen LogP contribution < -0.4 is 10.6 Å². The second-order valence-electron chi connectivity index (χ2n) is 5.75. The van der Waals surface area contributed by atoms with Gasteiger partial charge in [-0.15, -0.1) is 11.3 Å². The van der Waals surface area contributed by atoms with E-state index in [1.165, 1.54) is 35.6 Å². The summed E-state index contributed by atoms with van der Waals surface area (Å²) in [5, 5.41) is 7.23. The van der Waals surface area contributed by atoms with E-state index < -0.39 is 5.82 Å². The molecule has 0 atom stereocenters. The number of thiophene rings is 1. The molecule has 0 saturated heterocycles. The van der Waals surface area contributed by atoms with E-state index in [1.54, 1.807) is 11.3 Å². The number of amides is 2. The van der Waals surface area contributed by atoms with Crippen LogP contribution in [0.5, 0.6) is 0 Å². The molecule has 0 unspecified atom stereocenters. The molecule has 3 rings (SSSR count). The molecule has 126 valence electrons. The topological polar surface area (TPSA) is 61.4 Å². The SMILES string of the molecule is CC(=O)Nc1cc(NC(=O)CN2CCc3sccc3C2)ccc1F. The average molecular weight is 347 g/mol. The van der Waals surface area contributed by atoms with Gasteiger partial charge >= 0.3 is 0 Å². The highest BCUT2D eigenvalue weighted by molar-refractivity contribution is 7.10. The van der Waals surface area contributed by atoms with Crippen LogP contribution in [0.15, 0.2) is 29.6 Å². The maximum atomic E-state index is 13.6. The van der Waals surface area contributed by atoms with Gasteiger partial charge < -0.3 is 10.6 Å². The summed E-state index contributed by atoms with van der Waals surface area (Å²) in [6.07, 6.45) is 0.962. The fraction of sp³-hybridized carbons (Fsp3) is 0.294. The van der Waals surface area contributed by atoms with Crippen molar-refractivity contribution in [2.24, 2.45) is 0 Å². The molecule has 2 heterocycles. The van der Waals surface area contributed by atoms with Gasteiger partial charge in [0.1, 0.15) is 5.82 Å². The van der Waals surface area contributed by atoms with E-state index in [9.17, 15) is 14.0 Å². The van der Waals surface area contributed by atoms with Crippen molar-refractivity contribution in [3.05, 3.63) is 45.9 Å². The number of carbonyl (C=O) groups excluding carboxylic acids is 2. The molecule has 0 fully saturated rings. The average Bonchev–Trinajstić information content (AvgIpc) is 2.97. The Bertz CT molecular complexity index is 775. The summed E-state index contributed by atoms with van der Waals surface area (Å²) in [5.41, 5.74) is 1.80. The summed E-state index contributed by atoms with van der Waals surface area (Å²) >= 11 is 1.76. The number of nitrogens with one attached hydrogen (secondary N) is 2. The van der Waals surface area contributed by atoms with Crippen molar-refractivity contribution >= 4 is 34.5 Å². The predicted octanol–water partition coefficient (Wildman–Crippen LogP) is 2.84. The molecule has 2 amide bonds. The molecular weight excluding hydrogens is 329 g/mol. The minimum absolute atomic E-state index is 0.0567. The van der Waals surface area contributed by atoms with Crippen LogP contribution in [-0.4, -0.2) is 29.8 Å². The first-order valence-corrected chi connectivity index (χ1v) is 8.54. The molecule has 2 N–H and O–H groups in total. The predicted molar refractivity (Wildman–Crippen MR) is 92.6 cm³/mol. The van der Waals surface area contributed by atoms with E-state index in [0.717, 1.165) is 19.5 Å². The summed E-state index contributed by atoms with van der Waals surface area (Å²) in [5.74, 6) is -1.06. The van der Waals surface area contributed by atoms with Crippen LogP contribution in [0.1, 0.15) is 17.4 Å². The Hall–Kier alpha value is -2.25. The number of fused-ring (bicyclic) bond motifs is 1. The third-order valence-corrected chi connectivity index (χ3v) is 4.84. The minimum atomic E-state index is -0.538. The summed E-state index contributed by atoms with van der Waals surface area (Å²) in [6.45, 7) is 3.20. The van der Waals surface area contributed by atoms with Crippen LogP contribution >= 0.6 is 11.3 Å². The molecule has 0 radical (unpaired) electrons. The Morgan fingerprint density at radius 3 is 2.92 bits per heavy atom. The van der Waals surface area contributed by atoms with Crippen LogP contribution in [0.4, 0.5) is 15.8 Å². The molecular formula is C17H18FN3O2S. The standard InChI is InChI=1S/C17H18FN3O2S/c1-11(22)19-15-8-13(2-3-14(15)18)20-17(23)10-21-6-4-16-12(9-21)5-7-24-16/h2-3,5,7-8H,4,6,9-10H2,1H3,(H,19,22)(H,20,23). The van der Waals surface area contributed by atoms with E-state index >= 15 is 0 Å². The first-order chi connectivity index (χ1) is 11.5. The van der Waals surface area contributed by atoms with Gasteiger partial charge in [0, 0.05) is 30.6 Å². The van der Waals surface area contributed by atoms with Gasteiger partial charge in [-0.2, -0.15) is 0 Å². The molecule has 1 aromatic carbocycles. The second kappa shape index (κ2) is 7.11. The quantitative estimate of drug-likeness (QED) is 0.894. The van der Waals surface area contributed by atoms with Gasteiger partial charge in [0.15, 0.2) is 0 Å². The van der Waals surface area contributed by atoms with Gasteiger partial charge in [0.2, 0.25) is 11.8 Å². The first-order valence-electron chi connectivity index (χ1n) is 7.66. The van der Waals surface area contributed by atoms with Gasteiger partial charge in [0.05, 0.1) is 12.2 Å². The zero-order chi connectivity index (χ0) is 17.1. The Balaban J connectivity index is 1.60. The van der Waals surface area contributed by atoms with E-state index in [0.29, 0.717) is 5.69 Å². The lowest BCUT2D eigenvalue weighted by atomic mass is 10.1. The molecule has 1 aliphatic heterocycles. The lowest BCUT2D eigenvalue weighted by molar-refractivity contribution is -0.117. The van der Waals surface area contributed by atoms with Gasteiger partial charge in [0.25, 0.3) is 0 Å². The zero-order valence-corrected chi connectivity index (χ0v) is 14.1. The normalized spacial score (nSPS) is 14.1. The van der Waals surface area contributed by atoms with Crippen molar-refractivity contribution in [1.82, 2.24) is 4.90 Å². The van der Waals surface area contributed by atoms with Gasteiger partial charge in [-0.1, -0.05) is 0 Å². The Morgan fingerprint density at radius 2 is 2.12 bits per heavy atom. The molecule has 24 heavy (non-hydrogen) atoms. The number of rotatable bonds is 4. The second-order valence-corrected chi connectivity index (χ2v) is 6.75. The summed E-state index contributed by atoms with van der Waals surface area (Å²) in [4.78, 5) is 26.8. The molecule has 1 aromatic heterocycles. The first kappa shape index (κ1) is 16.6. The number of hydrogen-bond donors (Lipinski definition) is 2.